The standard InChI is InChI=1S/C12H18N2O2S/c1-9(2)7-12(14-13)10-5-4-6-11(8-10)17(3,15)16/h4-6,8,12,14H,1,7,13H2,2-3H3. The Labute approximate surface area is 102 Å². The number of nitrogens with two attached hydrogens (primary N) is 1. The van der Waals surface area contributed by atoms with Gasteiger partial charge < -0.3 is 0 Å². The molecule has 1 atom stereocenters. The Morgan fingerprint density at radius 1 is 1.53 bits per heavy atom. The summed E-state index contributed by atoms with van der Waals surface area (Å²) in [5.41, 5.74) is 4.50. The monoisotopic (exact) mass is 254 g/mol. The summed E-state index contributed by atoms with van der Waals surface area (Å²) >= 11 is 0. The van der Waals surface area contributed by atoms with Gasteiger partial charge in [-0.05, 0) is 31.0 Å². The number of hydrazine groups is 1. The molecule has 0 saturated carbocycles. The molecule has 1 unspecified atom stereocenters. The Bertz CT molecular complexity index is 509. The summed E-state index contributed by atoms with van der Waals surface area (Å²) in [6.07, 6.45) is 1.86. The SMILES string of the molecule is C=C(C)CC(NN)c1cccc(S(C)(=O)=O)c1. The second-order valence-corrected chi connectivity index (χ2v) is 6.24. The van der Waals surface area contributed by atoms with Crippen LogP contribution in [0.4, 0.5) is 0 Å². The van der Waals surface area contributed by atoms with Crippen molar-refractivity contribution in [2.75, 3.05) is 6.26 Å². The first-order valence-corrected chi connectivity index (χ1v) is 7.14. The van der Waals surface area contributed by atoms with E-state index in [9.17, 15) is 8.42 Å². The van der Waals surface area contributed by atoms with Crippen LogP contribution in [0, 0.1) is 0 Å². The summed E-state index contributed by atoms with van der Waals surface area (Å²) in [6.45, 7) is 5.73. The first-order valence-electron chi connectivity index (χ1n) is 5.25. The van der Waals surface area contributed by atoms with Gasteiger partial charge in [-0.25, -0.2) is 8.42 Å². The van der Waals surface area contributed by atoms with E-state index in [0.717, 1.165) is 11.1 Å². The fourth-order valence-electron chi connectivity index (χ4n) is 1.58. The van der Waals surface area contributed by atoms with E-state index >= 15 is 0 Å². The molecule has 0 aliphatic heterocycles. The second kappa shape index (κ2) is 5.44. The highest BCUT2D eigenvalue weighted by Gasteiger charge is 2.13. The smallest absolute Gasteiger partial charge is 0.175 e. The first kappa shape index (κ1) is 13.9. The lowest BCUT2D eigenvalue weighted by atomic mass is 10.0. The van der Waals surface area contributed by atoms with Gasteiger partial charge in [-0.3, -0.25) is 11.3 Å². The van der Waals surface area contributed by atoms with Gasteiger partial charge in [-0.1, -0.05) is 17.7 Å². The van der Waals surface area contributed by atoms with Gasteiger partial charge in [0.2, 0.25) is 0 Å². The minimum Gasteiger partial charge on any atom is -0.271 e. The van der Waals surface area contributed by atoms with Crippen LogP contribution in [-0.4, -0.2) is 14.7 Å². The van der Waals surface area contributed by atoms with E-state index in [2.05, 4.69) is 12.0 Å². The lowest BCUT2D eigenvalue weighted by Gasteiger charge is -2.16. The number of rotatable bonds is 5. The summed E-state index contributed by atoms with van der Waals surface area (Å²) in [5.74, 6) is 5.47. The number of nitrogens with one attached hydrogen (secondary N) is 1. The zero-order valence-corrected chi connectivity index (χ0v) is 10.9. The molecule has 0 aromatic heterocycles. The van der Waals surface area contributed by atoms with Gasteiger partial charge >= 0.3 is 0 Å². The molecule has 0 saturated heterocycles. The summed E-state index contributed by atoms with van der Waals surface area (Å²) in [4.78, 5) is 0.303. The van der Waals surface area contributed by atoms with Crippen molar-refractivity contribution >= 4 is 9.84 Å². The fraction of sp³-hybridized carbons (Fsp3) is 0.333. The Morgan fingerprint density at radius 3 is 2.65 bits per heavy atom. The Hall–Kier alpha value is -1.17. The Balaban J connectivity index is 3.09. The average molecular weight is 254 g/mol. The van der Waals surface area contributed by atoms with Crippen molar-refractivity contribution in [3.05, 3.63) is 42.0 Å². The highest BCUT2D eigenvalue weighted by atomic mass is 32.2. The van der Waals surface area contributed by atoms with Crippen molar-refractivity contribution in [1.29, 1.82) is 0 Å². The third kappa shape index (κ3) is 3.96. The molecule has 0 spiro atoms. The highest BCUT2D eigenvalue weighted by molar-refractivity contribution is 7.90. The molecule has 5 heteroatoms. The molecule has 4 nitrogen and oxygen atoms in total. The molecule has 0 aliphatic carbocycles. The average Bonchev–Trinajstić information content (AvgIpc) is 2.24. The molecule has 3 N–H and O–H groups in total. The third-order valence-electron chi connectivity index (χ3n) is 2.44. The summed E-state index contributed by atoms with van der Waals surface area (Å²) < 4.78 is 22.9. The van der Waals surface area contributed by atoms with E-state index in [0.29, 0.717) is 11.3 Å². The molecule has 17 heavy (non-hydrogen) atoms. The number of sulfone groups is 1. The van der Waals surface area contributed by atoms with Gasteiger partial charge in [-0.15, -0.1) is 6.58 Å². The maximum absolute atomic E-state index is 11.4. The van der Waals surface area contributed by atoms with Crippen molar-refractivity contribution in [3.8, 4) is 0 Å². The van der Waals surface area contributed by atoms with Crippen molar-refractivity contribution in [2.45, 2.75) is 24.3 Å². The second-order valence-electron chi connectivity index (χ2n) is 4.23. The summed E-state index contributed by atoms with van der Waals surface area (Å²) in [5, 5.41) is 0. The number of benzene rings is 1. The van der Waals surface area contributed by atoms with Crippen molar-refractivity contribution in [2.24, 2.45) is 5.84 Å². The van der Waals surface area contributed by atoms with Crippen LogP contribution in [0.1, 0.15) is 24.9 Å². The molecular weight excluding hydrogens is 236 g/mol. The van der Waals surface area contributed by atoms with E-state index in [1.165, 1.54) is 6.26 Å². The minimum atomic E-state index is -3.19. The number of hydrogen-bond donors (Lipinski definition) is 2. The maximum Gasteiger partial charge on any atom is 0.175 e. The molecule has 1 rings (SSSR count). The minimum absolute atomic E-state index is 0.116. The van der Waals surface area contributed by atoms with Gasteiger partial charge in [0.05, 0.1) is 4.90 Å². The summed E-state index contributed by atoms with van der Waals surface area (Å²) in [6, 6.07) is 6.67. The van der Waals surface area contributed by atoms with Crippen molar-refractivity contribution in [1.82, 2.24) is 5.43 Å². The number of hydrogen-bond acceptors (Lipinski definition) is 4. The maximum atomic E-state index is 11.4. The zero-order chi connectivity index (χ0) is 13.1. The van der Waals surface area contributed by atoms with Gasteiger partial charge in [0.1, 0.15) is 0 Å². The van der Waals surface area contributed by atoms with Crippen LogP contribution in [0.2, 0.25) is 0 Å². The predicted octanol–water partition coefficient (Wildman–Crippen LogP) is 1.56. The molecule has 94 valence electrons. The van der Waals surface area contributed by atoms with E-state index in [-0.39, 0.29) is 6.04 Å². The van der Waals surface area contributed by atoms with Crippen LogP contribution in [0.3, 0.4) is 0 Å². The van der Waals surface area contributed by atoms with Gasteiger partial charge in [0, 0.05) is 12.3 Å². The van der Waals surface area contributed by atoms with Crippen LogP contribution >= 0.6 is 0 Å². The van der Waals surface area contributed by atoms with E-state index in [4.69, 9.17) is 5.84 Å². The van der Waals surface area contributed by atoms with Crippen molar-refractivity contribution in [3.63, 3.8) is 0 Å². The van der Waals surface area contributed by atoms with E-state index in [1.54, 1.807) is 18.2 Å². The van der Waals surface area contributed by atoms with Crippen LogP contribution in [0.5, 0.6) is 0 Å². The molecule has 1 aromatic rings. The lowest BCUT2D eigenvalue weighted by molar-refractivity contribution is 0.548. The van der Waals surface area contributed by atoms with Gasteiger partial charge in [-0.2, -0.15) is 0 Å². The predicted molar refractivity (Wildman–Crippen MR) is 69.0 cm³/mol. The molecule has 0 aliphatic rings. The van der Waals surface area contributed by atoms with Crippen LogP contribution in [0.25, 0.3) is 0 Å². The molecule has 0 heterocycles. The summed E-state index contributed by atoms with van der Waals surface area (Å²) in [7, 11) is -3.19. The fourth-order valence-corrected chi connectivity index (χ4v) is 2.26. The Kier molecular flexibility index (Phi) is 4.45. The topological polar surface area (TPSA) is 72.2 Å². The highest BCUT2D eigenvalue weighted by Crippen LogP contribution is 2.22. The first-order chi connectivity index (χ1) is 7.84. The van der Waals surface area contributed by atoms with Crippen molar-refractivity contribution < 1.29 is 8.42 Å². The molecule has 1 aromatic carbocycles. The van der Waals surface area contributed by atoms with E-state index < -0.39 is 9.84 Å². The molecule has 0 radical (unpaired) electrons. The largest absolute Gasteiger partial charge is 0.271 e. The molecule has 0 amide bonds. The van der Waals surface area contributed by atoms with Gasteiger partial charge in [0.25, 0.3) is 0 Å². The molecule has 0 fully saturated rings. The van der Waals surface area contributed by atoms with Gasteiger partial charge in [0.15, 0.2) is 9.84 Å². The third-order valence-corrected chi connectivity index (χ3v) is 3.55. The normalized spacial score (nSPS) is 13.4. The molecular formula is C12H18N2O2S. The van der Waals surface area contributed by atoms with E-state index in [1.807, 2.05) is 13.0 Å². The van der Waals surface area contributed by atoms with Crippen LogP contribution in [0.15, 0.2) is 41.3 Å². The lowest BCUT2D eigenvalue weighted by Crippen LogP contribution is -2.28. The quantitative estimate of drug-likeness (QED) is 0.475. The van der Waals surface area contributed by atoms with Crippen LogP contribution < -0.4 is 11.3 Å². The zero-order valence-electron chi connectivity index (χ0n) is 10.1. The molecule has 0 bridgehead atoms. The van der Waals surface area contributed by atoms with Crippen LogP contribution in [-0.2, 0) is 9.84 Å². The Morgan fingerprint density at radius 2 is 2.18 bits per heavy atom.